The minimum Gasteiger partial charge on any atom is -0.477 e. The maximum absolute atomic E-state index is 13.4. The number of ketones is 1. The Kier molecular flexibility index (Phi) is 4.08. The number of carboxylic acids is 1. The molecular formula is C12H8F6O3. The van der Waals surface area contributed by atoms with Crippen molar-refractivity contribution in [2.75, 3.05) is 0 Å². The van der Waals surface area contributed by atoms with Crippen molar-refractivity contribution in [2.24, 2.45) is 0 Å². The Bertz CT molecular complexity index is 582. The molecule has 21 heavy (non-hydrogen) atoms. The van der Waals surface area contributed by atoms with Crippen LogP contribution in [0.25, 0.3) is 0 Å². The third-order valence-electron chi connectivity index (χ3n) is 2.62. The third kappa shape index (κ3) is 2.59. The van der Waals surface area contributed by atoms with Crippen LogP contribution in [0.3, 0.4) is 0 Å². The number of aryl methyl sites for hydroxylation is 1. The van der Waals surface area contributed by atoms with Crippen LogP contribution >= 0.6 is 0 Å². The van der Waals surface area contributed by atoms with Crippen molar-refractivity contribution >= 4 is 11.8 Å². The van der Waals surface area contributed by atoms with Crippen LogP contribution in [0.5, 0.6) is 0 Å². The number of halogens is 6. The predicted octanol–water partition coefficient (Wildman–Crippen LogP) is 3.17. The molecule has 0 saturated carbocycles. The molecule has 0 aliphatic heterocycles. The van der Waals surface area contributed by atoms with Crippen LogP contribution in [0, 0.1) is 6.92 Å². The first-order valence-electron chi connectivity index (χ1n) is 5.34. The minimum atomic E-state index is -6.38. The number of rotatable bonds is 5. The number of aliphatic carboxylic acids is 1. The third-order valence-corrected chi connectivity index (χ3v) is 2.62. The Morgan fingerprint density at radius 2 is 1.52 bits per heavy atom. The zero-order valence-corrected chi connectivity index (χ0v) is 10.3. The first-order valence-corrected chi connectivity index (χ1v) is 5.34. The molecule has 1 N–H and O–H groups in total. The quantitative estimate of drug-likeness (QED) is 0.671. The molecule has 0 amide bonds. The van der Waals surface area contributed by atoms with Gasteiger partial charge in [0.05, 0.1) is 0 Å². The molecule has 0 heterocycles. The summed E-state index contributed by atoms with van der Waals surface area (Å²) >= 11 is 0. The average molecular weight is 314 g/mol. The molecule has 0 spiro atoms. The van der Waals surface area contributed by atoms with Crippen molar-refractivity contribution < 1.29 is 41.0 Å². The number of alkyl halides is 6. The number of hydrogen-bond acceptors (Lipinski definition) is 2. The van der Waals surface area contributed by atoms with Crippen LogP contribution in [-0.4, -0.2) is 34.6 Å². The van der Waals surface area contributed by atoms with Crippen molar-refractivity contribution in [3.8, 4) is 0 Å². The molecular weight excluding hydrogens is 306 g/mol. The van der Waals surface area contributed by atoms with Crippen molar-refractivity contribution in [2.45, 2.75) is 24.7 Å². The van der Waals surface area contributed by atoms with Crippen LogP contribution in [-0.2, 0) is 4.79 Å². The molecule has 1 rings (SSSR count). The highest BCUT2D eigenvalue weighted by molar-refractivity contribution is 6.02. The average Bonchev–Trinajstić information content (AvgIpc) is 2.37. The van der Waals surface area contributed by atoms with E-state index in [2.05, 4.69) is 0 Å². The highest BCUT2D eigenvalue weighted by Gasteiger charge is 2.78. The van der Waals surface area contributed by atoms with Gasteiger partial charge in [-0.25, -0.2) is 4.79 Å². The summed E-state index contributed by atoms with van der Waals surface area (Å²) in [6.07, 6.45) is 0. The number of carbonyl (C=O) groups excluding carboxylic acids is 1. The summed E-state index contributed by atoms with van der Waals surface area (Å²) < 4.78 is 78.8. The summed E-state index contributed by atoms with van der Waals surface area (Å²) in [4.78, 5) is 21.4. The van der Waals surface area contributed by atoms with Crippen LogP contribution in [0.2, 0.25) is 0 Å². The molecule has 9 heteroatoms. The fourth-order valence-electron chi connectivity index (χ4n) is 1.44. The van der Waals surface area contributed by atoms with Crippen molar-refractivity contribution in [1.29, 1.82) is 0 Å². The van der Waals surface area contributed by atoms with Gasteiger partial charge < -0.3 is 5.11 Å². The minimum absolute atomic E-state index is 0.255. The van der Waals surface area contributed by atoms with Gasteiger partial charge in [0.1, 0.15) is 0 Å². The summed E-state index contributed by atoms with van der Waals surface area (Å²) in [6, 6.07) is 3.98. The fraction of sp³-hybridized carbons (Fsp3) is 0.333. The normalized spacial score (nSPS) is 13.1. The lowest BCUT2D eigenvalue weighted by atomic mass is 9.95. The van der Waals surface area contributed by atoms with Gasteiger partial charge in [0.2, 0.25) is 5.78 Å². The molecule has 0 bridgehead atoms. The molecule has 1 aromatic rings. The first-order chi connectivity index (χ1) is 9.35. The van der Waals surface area contributed by atoms with Crippen LogP contribution in [0.1, 0.15) is 15.9 Å². The largest absolute Gasteiger partial charge is 0.477 e. The maximum atomic E-state index is 13.4. The molecule has 116 valence electrons. The van der Waals surface area contributed by atoms with Crippen molar-refractivity contribution in [1.82, 2.24) is 0 Å². The number of carboxylic acid groups (broad SMARTS) is 1. The standard InChI is InChI=1S/C12H8F6O3/c1-6-3-2-4-7(5-6)8(19)10(13,14)12(17,18)11(15,16)9(20)21/h2-5H,1H3,(H,20,21). The van der Waals surface area contributed by atoms with E-state index in [0.717, 1.165) is 18.2 Å². The molecule has 1 aromatic carbocycles. The summed E-state index contributed by atoms with van der Waals surface area (Å²) in [7, 11) is 0. The van der Waals surface area contributed by atoms with E-state index in [-0.39, 0.29) is 5.56 Å². The monoisotopic (exact) mass is 314 g/mol. The summed E-state index contributed by atoms with van der Waals surface area (Å²) in [5.41, 5.74) is -0.675. The molecule has 0 atom stereocenters. The Morgan fingerprint density at radius 3 is 1.95 bits per heavy atom. The number of Topliss-reactive ketones (excluding diaryl/α,β-unsaturated/α-hetero) is 1. The van der Waals surface area contributed by atoms with E-state index in [1.54, 1.807) is 0 Å². The zero-order chi connectivity index (χ0) is 16.6. The summed E-state index contributed by atoms with van der Waals surface area (Å²) in [6.45, 7) is 1.36. The fourth-order valence-corrected chi connectivity index (χ4v) is 1.44. The van der Waals surface area contributed by atoms with Gasteiger partial charge in [-0.2, -0.15) is 26.3 Å². The van der Waals surface area contributed by atoms with Crippen LogP contribution < -0.4 is 0 Å². The summed E-state index contributed by atoms with van der Waals surface area (Å²) in [5, 5.41) is 7.96. The lowest BCUT2D eigenvalue weighted by molar-refractivity contribution is -0.285. The van der Waals surface area contributed by atoms with E-state index in [1.165, 1.54) is 13.0 Å². The Hall–Kier alpha value is -2.06. The molecule has 3 nitrogen and oxygen atoms in total. The van der Waals surface area contributed by atoms with E-state index in [1.807, 2.05) is 0 Å². The second-order valence-corrected chi connectivity index (χ2v) is 4.23. The van der Waals surface area contributed by atoms with Gasteiger partial charge in [-0.1, -0.05) is 23.8 Å². The second kappa shape index (κ2) is 5.05. The van der Waals surface area contributed by atoms with Gasteiger partial charge in [0.25, 0.3) is 0 Å². The smallest absolute Gasteiger partial charge is 0.411 e. The molecule has 0 unspecified atom stereocenters. The highest BCUT2D eigenvalue weighted by atomic mass is 19.3. The summed E-state index contributed by atoms with van der Waals surface area (Å²) in [5.74, 6) is -24.4. The second-order valence-electron chi connectivity index (χ2n) is 4.23. The molecule has 0 aromatic heterocycles. The topological polar surface area (TPSA) is 54.4 Å². The van der Waals surface area contributed by atoms with Gasteiger partial charge in [0, 0.05) is 5.56 Å². The zero-order valence-electron chi connectivity index (χ0n) is 10.3. The molecule has 0 fully saturated rings. The van der Waals surface area contributed by atoms with E-state index in [4.69, 9.17) is 5.11 Å². The highest BCUT2D eigenvalue weighted by Crippen LogP contribution is 2.47. The number of hydrogen-bond donors (Lipinski definition) is 1. The Labute approximate surface area is 114 Å². The number of carbonyl (C=O) groups is 2. The van der Waals surface area contributed by atoms with E-state index in [9.17, 15) is 35.9 Å². The lowest BCUT2D eigenvalue weighted by Gasteiger charge is -2.29. The Morgan fingerprint density at radius 1 is 1.00 bits per heavy atom. The molecule has 0 aliphatic carbocycles. The van der Waals surface area contributed by atoms with E-state index >= 15 is 0 Å². The van der Waals surface area contributed by atoms with Gasteiger partial charge in [0.15, 0.2) is 0 Å². The predicted molar refractivity (Wildman–Crippen MR) is 58.0 cm³/mol. The van der Waals surface area contributed by atoms with Crippen LogP contribution in [0.4, 0.5) is 26.3 Å². The van der Waals surface area contributed by atoms with E-state index in [0.29, 0.717) is 0 Å². The molecule has 0 saturated heterocycles. The van der Waals surface area contributed by atoms with Gasteiger partial charge >= 0.3 is 23.7 Å². The maximum Gasteiger partial charge on any atom is 0.411 e. The lowest BCUT2D eigenvalue weighted by Crippen LogP contribution is -2.60. The van der Waals surface area contributed by atoms with Gasteiger partial charge in [-0.05, 0) is 13.0 Å². The first kappa shape index (κ1) is 17.0. The SMILES string of the molecule is Cc1cccc(C(=O)C(F)(F)C(F)(F)C(F)(F)C(=O)O)c1. The van der Waals surface area contributed by atoms with Crippen molar-refractivity contribution in [3.05, 3.63) is 35.4 Å². The Balaban J connectivity index is 3.33. The van der Waals surface area contributed by atoms with Crippen molar-refractivity contribution in [3.63, 3.8) is 0 Å². The number of benzene rings is 1. The van der Waals surface area contributed by atoms with Gasteiger partial charge in [-0.15, -0.1) is 0 Å². The molecule has 0 radical (unpaired) electrons. The van der Waals surface area contributed by atoms with Crippen LogP contribution in [0.15, 0.2) is 24.3 Å². The van der Waals surface area contributed by atoms with E-state index < -0.39 is 35.1 Å². The molecule has 0 aliphatic rings. The van der Waals surface area contributed by atoms with Gasteiger partial charge in [-0.3, -0.25) is 4.79 Å².